The van der Waals surface area contributed by atoms with Gasteiger partial charge in [-0.25, -0.2) is 0 Å². The van der Waals surface area contributed by atoms with Crippen LogP contribution in [0.1, 0.15) is 11.3 Å². The molecule has 0 aliphatic carbocycles. The molecule has 1 aliphatic rings. The Balaban J connectivity index is 1.80. The molecule has 2 rings (SSSR count). The second-order valence-electron chi connectivity index (χ2n) is 4.86. The van der Waals surface area contributed by atoms with Gasteiger partial charge in [0.25, 0.3) is 0 Å². The van der Waals surface area contributed by atoms with Crippen LogP contribution in [0.25, 0.3) is 0 Å². The van der Waals surface area contributed by atoms with E-state index in [1.165, 1.54) is 4.88 Å². The predicted octanol–water partition coefficient (Wildman–Crippen LogP) is 1.66. The van der Waals surface area contributed by atoms with Crippen molar-refractivity contribution in [3.63, 3.8) is 0 Å². The van der Waals surface area contributed by atoms with Crippen molar-refractivity contribution >= 4 is 28.8 Å². The van der Waals surface area contributed by atoms with E-state index in [-0.39, 0.29) is 5.91 Å². The standard InChI is InChI=1S/C13H20ClN3OS/c1-16(9-11-3-4-12(14)19-11)10-13(18)17-7-2-5-15-6-8-17/h3-4,15H,2,5-10H2,1H3. The fourth-order valence-electron chi connectivity index (χ4n) is 2.18. The molecule has 0 radical (unpaired) electrons. The molecule has 1 aliphatic heterocycles. The molecule has 0 atom stereocenters. The van der Waals surface area contributed by atoms with Crippen LogP contribution in [0.15, 0.2) is 12.1 Å². The number of carbonyl (C=O) groups excluding carboxylic acids is 1. The van der Waals surface area contributed by atoms with Crippen molar-refractivity contribution < 1.29 is 4.79 Å². The molecule has 1 amide bonds. The summed E-state index contributed by atoms with van der Waals surface area (Å²) in [6.07, 6.45) is 1.04. The monoisotopic (exact) mass is 301 g/mol. The Labute approximate surface area is 123 Å². The lowest BCUT2D eigenvalue weighted by molar-refractivity contribution is -0.132. The Morgan fingerprint density at radius 2 is 2.32 bits per heavy atom. The van der Waals surface area contributed by atoms with Crippen LogP contribution in [0.2, 0.25) is 4.34 Å². The Bertz CT molecular complexity index is 416. The van der Waals surface area contributed by atoms with E-state index in [4.69, 9.17) is 11.6 Å². The van der Waals surface area contributed by atoms with Gasteiger partial charge in [0.15, 0.2) is 0 Å². The van der Waals surface area contributed by atoms with E-state index in [0.717, 1.165) is 43.5 Å². The molecule has 106 valence electrons. The van der Waals surface area contributed by atoms with E-state index in [2.05, 4.69) is 5.32 Å². The third kappa shape index (κ3) is 4.76. The van der Waals surface area contributed by atoms with Crippen molar-refractivity contribution in [1.82, 2.24) is 15.1 Å². The van der Waals surface area contributed by atoms with Gasteiger partial charge < -0.3 is 10.2 Å². The highest BCUT2D eigenvalue weighted by Gasteiger charge is 2.17. The molecular weight excluding hydrogens is 282 g/mol. The average Bonchev–Trinajstić information content (AvgIpc) is 2.64. The summed E-state index contributed by atoms with van der Waals surface area (Å²) in [7, 11) is 1.97. The summed E-state index contributed by atoms with van der Waals surface area (Å²) in [5.74, 6) is 0.217. The molecule has 4 nitrogen and oxygen atoms in total. The van der Waals surface area contributed by atoms with Crippen molar-refractivity contribution in [2.75, 3.05) is 39.8 Å². The highest BCUT2D eigenvalue weighted by atomic mass is 35.5. The molecule has 6 heteroatoms. The van der Waals surface area contributed by atoms with Crippen molar-refractivity contribution in [2.24, 2.45) is 0 Å². The molecule has 19 heavy (non-hydrogen) atoms. The second-order valence-corrected chi connectivity index (χ2v) is 6.66. The van der Waals surface area contributed by atoms with Crippen LogP contribution in [-0.4, -0.2) is 55.5 Å². The number of amides is 1. The van der Waals surface area contributed by atoms with E-state index < -0.39 is 0 Å². The molecule has 0 spiro atoms. The SMILES string of the molecule is CN(CC(=O)N1CCCNCC1)Cc1ccc(Cl)s1. The molecule has 0 saturated carbocycles. The Morgan fingerprint density at radius 3 is 3.05 bits per heavy atom. The number of carbonyl (C=O) groups is 1. The number of nitrogens with one attached hydrogen (secondary N) is 1. The van der Waals surface area contributed by atoms with Gasteiger partial charge in [0.2, 0.25) is 5.91 Å². The van der Waals surface area contributed by atoms with Gasteiger partial charge in [-0.05, 0) is 32.1 Å². The van der Waals surface area contributed by atoms with Crippen molar-refractivity contribution in [2.45, 2.75) is 13.0 Å². The van der Waals surface area contributed by atoms with Crippen molar-refractivity contribution in [3.8, 4) is 0 Å². The number of thiophene rings is 1. The van der Waals surface area contributed by atoms with E-state index in [1.54, 1.807) is 11.3 Å². The van der Waals surface area contributed by atoms with Gasteiger partial charge in [0, 0.05) is 31.1 Å². The Morgan fingerprint density at radius 1 is 1.47 bits per heavy atom. The molecule has 0 bridgehead atoms. The fraction of sp³-hybridized carbons (Fsp3) is 0.615. The van der Waals surface area contributed by atoms with Gasteiger partial charge in [-0.1, -0.05) is 11.6 Å². The minimum Gasteiger partial charge on any atom is -0.340 e. The van der Waals surface area contributed by atoms with E-state index in [9.17, 15) is 4.79 Å². The first-order valence-corrected chi connectivity index (χ1v) is 7.76. The summed E-state index contributed by atoms with van der Waals surface area (Å²) < 4.78 is 0.799. The first kappa shape index (κ1) is 14.8. The molecule has 1 N–H and O–H groups in total. The van der Waals surface area contributed by atoms with Crippen LogP contribution in [0, 0.1) is 0 Å². The van der Waals surface area contributed by atoms with Crippen LogP contribution in [0.4, 0.5) is 0 Å². The van der Waals surface area contributed by atoms with E-state index in [0.29, 0.717) is 6.54 Å². The van der Waals surface area contributed by atoms with Crippen molar-refractivity contribution in [1.29, 1.82) is 0 Å². The summed E-state index contributed by atoms with van der Waals surface area (Å²) in [4.78, 5) is 17.4. The largest absolute Gasteiger partial charge is 0.340 e. The zero-order chi connectivity index (χ0) is 13.7. The lowest BCUT2D eigenvalue weighted by Gasteiger charge is -2.23. The fourth-order valence-corrected chi connectivity index (χ4v) is 3.35. The second kappa shape index (κ2) is 7.24. The molecule has 1 saturated heterocycles. The van der Waals surface area contributed by atoms with E-state index >= 15 is 0 Å². The highest BCUT2D eigenvalue weighted by molar-refractivity contribution is 7.16. The normalized spacial score (nSPS) is 16.7. The molecule has 1 aromatic rings. The molecule has 1 aromatic heterocycles. The van der Waals surface area contributed by atoms with Crippen LogP contribution in [-0.2, 0) is 11.3 Å². The minimum atomic E-state index is 0.217. The van der Waals surface area contributed by atoms with Crippen LogP contribution < -0.4 is 5.32 Å². The van der Waals surface area contributed by atoms with Gasteiger partial charge in [-0.15, -0.1) is 11.3 Å². The van der Waals surface area contributed by atoms with Gasteiger partial charge in [0.05, 0.1) is 10.9 Å². The molecule has 2 heterocycles. The lowest BCUT2D eigenvalue weighted by atomic mass is 10.3. The zero-order valence-electron chi connectivity index (χ0n) is 11.2. The van der Waals surface area contributed by atoms with Gasteiger partial charge in [-0.2, -0.15) is 0 Å². The number of rotatable bonds is 4. The topological polar surface area (TPSA) is 35.6 Å². The number of nitrogens with zero attached hydrogens (tertiary/aromatic N) is 2. The summed E-state index contributed by atoms with van der Waals surface area (Å²) in [5.41, 5.74) is 0. The average molecular weight is 302 g/mol. The summed E-state index contributed by atoms with van der Waals surface area (Å²) in [5, 5.41) is 3.31. The third-order valence-corrected chi connectivity index (χ3v) is 4.37. The van der Waals surface area contributed by atoms with Gasteiger partial charge in [0.1, 0.15) is 0 Å². The van der Waals surface area contributed by atoms with Gasteiger partial charge >= 0.3 is 0 Å². The van der Waals surface area contributed by atoms with Gasteiger partial charge in [-0.3, -0.25) is 9.69 Å². The highest BCUT2D eigenvalue weighted by Crippen LogP contribution is 2.22. The van der Waals surface area contributed by atoms with E-state index in [1.807, 2.05) is 29.0 Å². The first-order valence-electron chi connectivity index (χ1n) is 6.56. The number of hydrogen-bond acceptors (Lipinski definition) is 4. The van der Waals surface area contributed by atoms with Crippen LogP contribution in [0.3, 0.4) is 0 Å². The maximum absolute atomic E-state index is 12.2. The number of halogens is 1. The Hall–Kier alpha value is -0.620. The number of likely N-dealkylation sites (N-methyl/N-ethyl adjacent to an activating group) is 1. The molecule has 0 unspecified atom stereocenters. The zero-order valence-corrected chi connectivity index (χ0v) is 12.8. The molecule has 1 fully saturated rings. The summed E-state index contributed by atoms with van der Waals surface area (Å²) >= 11 is 7.48. The smallest absolute Gasteiger partial charge is 0.236 e. The molecule has 0 aromatic carbocycles. The minimum absolute atomic E-state index is 0.217. The predicted molar refractivity (Wildman–Crippen MR) is 79.7 cm³/mol. The summed E-state index contributed by atoms with van der Waals surface area (Å²) in [6, 6.07) is 3.92. The number of hydrogen-bond donors (Lipinski definition) is 1. The maximum atomic E-state index is 12.2. The quantitative estimate of drug-likeness (QED) is 0.919. The lowest BCUT2D eigenvalue weighted by Crippen LogP contribution is -2.40. The van der Waals surface area contributed by atoms with Crippen molar-refractivity contribution in [3.05, 3.63) is 21.3 Å². The molecular formula is C13H20ClN3OS. The third-order valence-electron chi connectivity index (χ3n) is 3.15. The van der Waals surface area contributed by atoms with Crippen LogP contribution in [0.5, 0.6) is 0 Å². The first-order chi connectivity index (χ1) is 9.15. The van der Waals surface area contributed by atoms with Crippen LogP contribution >= 0.6 is 22.9 Å². The summed E-state index contributed by atoms with van der Waals surface area (Å²) in [6.45, 7) is 4.83. The Kier molecular flexibility index (Phi) is 5.63. The maximum Gasteiger partial charge on any atom is 0.236 e.